The van der Waals surface area contributed by atoms with Gasteiger partial charge in [-0.15, -0.1) is 0 Å². The van der Waals surface area contributed by atoms with E-state index in [0.717, 1.165) is 38.5 Å². The maximum absolute atomic E-state index is 5.58. The highest BCUT2D eigenvalue weighted by Crippen LogP contribution is 2.23. The van der Waals surface area contributed by atoms with Gasteiger partial charge in [-0.2, -0.15) is 0 Å². The molecule has 106 valence electrons. The van der Waals surface area contributed by atoms with Crippen LogP contribution in [0.1, 0.15) is 22.6 Å². The zero-order valence-electron chi connectivity index (χ0n) is 12.0. The first-order valence-electron chi connectivity index (χ1n) is 7.42. The van der Waals surface area contributed by atoms with E-state index >= 15 is 0 Å². The molecule has 4 rings (SSSR count). The van der Waals surface area contributed by atoms with Gasteiger partial charge < -0.3 is 13.9 Å². The maximum atomic E-state index is 5.58. The third kappa shape index (κ3) is 2.09. The van der Waals surface area contributed by atoms with E-state index in [2.05, 4.69) is 39.7 Å². The van der Waals surface area contributed by atoms with Gasteiger partial charge in [-0.3, -0.25) is 4.90 Å². The minimum absolute atomic E-state index is 0.936. The van der Waals surface area contributed by atoms with Gasteiger partial charge in [-0.05, 0) is 43.1 Å². The lowest BCUT2D eigenvalue weighted by molar-refractivity contribution is 0.175. The Morgan fingerprint density at radius 2 is 2.00 bits per heavy atom. The van der Waals surface area contributed by atoms with Crippen molar-refractivity contribution in [3.63, 3.8) is 0 Å². The molecule has 4 heteroatoms. The van der Waals surface area contributed by atoms with Gasteiger partial charge in [-0.25, -0.2) is 0 Å². The highest BCUT2D eigenvalue weighted by molar-refractivity contribution is 5.25. The minimum Gasteiger partial charge on any atom is -0.468 e. The van der Waals surface area contributed by atoms with Crippen molar-refractivity contribution < 1.29 is 4.42 Å². The Morgan fingerprint density at radius 1 is 1.10 bits per heavy atom. The van der Waals surface area contributed by atoms with Crippen molar-refractivity contribution in [2.45, 2.75) is 32.6 Å². The highest BCUT2D eigenvalue weighted by Gasteiger charge is 2.21. The molecule has 2 aromatic rings. The Labute approximate surface area is 119 Å². The van der Waals surface area contributed by atoms with Gasteiger partial charge in [0.1, 0.15) is 5.76 Å². The molecule has 0 unspecified atom stereocenters. The molecule has 4 heterocycles. The van der Waals surface area contributed by atoms with Crippen molar-refractivity contribution in [2.24, 2.45) is 0 Å². The van der Waals surface area contributed by atoms with Crippen LogP contribution in [0.5, 0.6) is 0 Å². The summed E-state index contributed by atoms with van der Waals surface area (Å²) in [5.41, 5.74) is 4.40. The molecule has 0 aromatic carbocycles. The molecule has 0 aliphatic carbocycles. The van der Waals surface area contributed by atoms with Crippen LogP contribution in [0.3, 0.4) is 0 Å². The lowest BCUT2D eigenvalue weighted by atomic mass is 10.1. The van der Waals surface area contributed by atoms with E-state index in [9.17, 15) is 0 Å². The summed E-state index contributed by atoms with van der Waals surface area (Å²) < 4.78 is 7.99. The van der Waals surface area contributed by atoms with E-state index in [1.54, 1.807) is 0 Å². The number of furan rings is 1. The van der Waals surface area contributed by atoms with Crippen LogP contribution >= 0.6 is 0 Å². The average Bonchev–Trinajstić information content (AvgIpc) is 3.05. The fourth-order valence-electron chi connectivity index (χ4n) is 3.37. The van der Waals surface area contributed by atoms with Crippen LogP contribution in [0.2, 0.25) is 0 Å². The van der Waals surface area contributed by atoms with E-state index in [4.69, 9.17) is 4.42 Å². The molecular formula is C16H21N3O. The standard InChI is InChI=1S/C16H21N3O/c1-17-6-2-13-4-8-19(15(13)10-17)12-18-7-3-14-5-9-20-16(14)11-18/h4-5,8-9H,2-3,6-7,10-12H2,1H3. The van der Waals surface area contributed by atoms with Crippen LogP contribution in [0.4, 0.5) is 0 Å². The number of likely N-dealkylation sites (N-methyl/N-ethyl adjacent to an activating group) is 1. The fraction of sp³-hybridized carbons (Fsp3) is 0.500. The second-order valence-electron chi connectivity index (χ2n) is 6.06. The molecule has 0 spiro atoms. The topological polar surface area (TPSA) is 24.6 Å². The summed E-state index contributed by atoms with van der Waals surface area (Å²) in [5, 5.41) is 0. The van der Waals surface area contributed by atoms with Gasteiger partial charge in [0.15, 0.2) is 0 Å². The lowest BCUT2D eigenvalue weighted by Crippen LogP contribution is -2.34. The molecule has 2 aliphatic rings. The SMILES string of the molecule is CN1CCc2ccn(CN3CCc4ccoc4C3)c2C1. The summed E-state index contributed by atoms with van der Waals surface area (Å²) in [7, 11) is 2.20. The molecule has 4 nitrogen and oxygen atoms in total. The summed E-state index contributed by atoms with van der Waals surface area (Å²) in [6, 6.07) is 4.41. The van der Waals surface area contributed by atoms with Gasteiger partial charge in [0.2, 0.25) is 0 Å². The number of rotatable bonds is 2. The minimum atomic E-state index is 0.936. The molecule has 0 saturated heterocycles. The quantitative estimate of drug-likeness (QED) is 0.836. The fourth-order valence-corrected chi connectivity index (χ4v) is 3.37. The van der Waals surface area contributed by atoms with Crippen molar-refractivity contribution in [3.05, 3.63) is 47.2 Å². The molecule has 2 aromatic heterocycles. The van der Waals surface area contributed by atoms with Crippen molar-refractivity contribution in [1.82, 2.24) is 14.4 Å². The molecule has 20 heavy (non-hydrogen) atoms. The van der Waals surface area contributed by atoms with Crippen molar-refractivity contribution in [3.8, 4) is 0 Å². The average molecular weight is 271 g/mol. The number of fused-ring (bicyclic) bond motifs is 2. The first-order chi connectivity index (χ1) is 9.79. The Hall–Kier alpha value is -1.52. The van der Waals surface area contributed by atoms with Crippen LogP contribution in [0.15, 0.2) is 29.0 Å². The zero-order valence-corrected chi connectivity index (χ0v) is 12.0. The Morgan fingerprint density at radius 3 is 2.95 bits per heavy atom. The molecular weight excluding hydrogens is 250 g/mol. The van der Waals surface area contributed by atoms with Crippen molar-refractivity contribution >= 4 is 0 Å². The number of hydrogen-bond acceptors (Lipinski definition) is 3. The predicted octanol–water partition coefficient (Wildman–Crippen LogP) is 2.08. The van der Waals surface area contributed by atoms with Gasteiger partial charge in [0.05, 0.1) is 19.5 Å². The van der Waals surface area contributed by atoms with E-state index < -0.39 is 0 Å². The molecule has 0 radical (unpaired) electrons. The van der Waals surface area contributed by atoms with Gasteiger partial charge in [0.25, 0.3) is 0 Å². The Kier molecular flexibility index (Phi) is 2.93. The summed E-state index contributed by atoms with van der Waals surface area (Å²) in [4.78, 5) is 4.88. The summed E-state index contributed by atoms with van der Waals surface area (Å²) in [6.07, 6.45) is 6.36. The molecule has 0 bridgehead atoms. The van der Waals surface area contributed by atoms with E-state index in [0.29, 0.717) is 0 Å². The van der Waals surface area contributed by atoms with E-state index in [1.165, 1.54) is 29.8 Å². The Balaban J connectivity index is 1.52. The third-order valence-electron chi connectivity index (χ3n) is 4.61. The van der Waals surface area contributed by atoms with E-state index in [1.807, 2.05) is 6.26 Å². The molecule has 0 N–H and O–H groups in total. The molecule has 0 saturated carbocycles. The van der Waals surface area contributed by atoms with Crippen molar-refractivity contribution in [1.29, 1.82) is 0 Å². The van der Waals surface area contributed by atoms with Gasteiger partial charge >= 0.3 is 0 Å². The molecule has 2 aliphatic heterocycles. The summed E-state index contributed by atoms with van der Waals surface area (Å²) >= 11 is 0. The lowest BCUT2D eigenvalue weighted by Gasteiger charge is -2.29. The summed E-state index contributed by atoms with van der Waals surface area (Å²) in [6.45, 7) is 5.28. The molecule has 0 amide bonds. The van der Waals surface area contributed by atoms with Crippen LogP contribution in [0.25, 0.3) is 0 Å². The third-order valence-corrected chi connectivity index (χ3v) is 4.61. The monoisotopic (exact) mass is 271 g/mol. The first kappa shape index (κ1) is 12.2. The van der Waals surface area contributed by atoms with Crippen molar-refractivity contribution in [2.75, 3.05) is 20.1 Å². The maximum Gasteiger partial charge on any atom is 0.121 e. The van der Waals surface area contributed by atoms with Crippen LogP contribution < -0.4 is 0 Å². The first-order valence-corrected chi connectivity index (χ1v) is 7.42. The van der Waals surface area contributed by atoms with Gasteiger partial charge in [0, 0.05) is 31.5 Å². The van der Waals surface area contributed by atoms with E-state index in [-0.39, 0.29) is 0 Å². The second kappa shape index (κ2) is 4.79. The smallest absolute Gasteiger partial charge is 0.121 e. The normalized spacial score (nSPS) is 19.9. The van der Waals surface area contributed by atoms with Crippen LogP contribution in [0, 0.1) is 0 Å². The van der Waals surface area contributed by atoms with Crippen LogP contribution in [-0.2, 0) is 32.6 Å². The predicted molar refractivity (Wildman–Crippen MR) is 77.3 cm³/mol. The number of hydrogen-bond donors (Lipinski definition) is 0. The Bertz CT molecular complexity index is 613. The second-order valence-corrected chi connectivity index (χ2v) is 6.06. The van der Waals surface area contributed by atoms with Crippen LogP contribution in [-0.4, -0.2) is 34.5 Å². The molecule has 0 atom stereocenters. The zero-order chi connectivity index (χ0) is 13.5. The number of nitrogens with zero attached hydrogens (tertiary/aromatic N) is 3. The summed E-state index contributed by atoms with van der Waals surface area (Å²) in [5.74, 6) is 1.15. The largest absolute Gasteiger partial charge is 0.468 e. The highest BCUT2D eigenvalue weighted by atomic mass is 16.3. The number of aromatic nitrogens is 1. The molecule has 0 fully saturated rings. The van der Waals surface area contributed by atoms with Gasteiger partial charge in [-0.1, -0.05) is 0 Å².